The van der Waals surface area contributed by atoms with Crippen LogP contribution in [0.2, 0.25) is 0 Å². The van der Waals surface area contributed by atoms with Crippen LogP contribution in [0.5, 0.6) is 0 Å². The summed E-state index contributed by atoms with van der Waals surface area (Å²) in [7, 11) is 0. The zero-order valence-corrected chi connectivity index (χ0v) is 14.3. The maximum Gasteiger partial charge on any atom is 0.397 e. The van der Waals surface area contributed by atoms with Crippen molar-refractivity contribution < 1.29 is 22.8 Å². The van der Waals surface area contributed by atoms with Crippen molar-refractivity contribution in [3.8, 4) is 5.69 Å². The molecular weight excluding hydrogens is 363 g/mol. The molecule has 0 aliphatic carbocycles. The summed E-state index contributed by atoms with van der Waals surface area (Å²) in [5.74, 6) is -0.966. The predicted octanol–water partition coefficient (Wildman–Crippen LogP) is 2.50. The molecule has 1 aliphatic rings. The number of hydrogen-bond acceptors (Lipinski definition) is 3. The SMILES string of the molecule is O=C(CC(F)(F)F)N1CCN(C(=O)Nc2ccccc2-n2cccn2)CC1. The fourth-order valence-electron chi connectivity index (χ4n) is 2.83. The molecule has 144 valence electrons. The summed E-state index contributed by atoms with van der Waals surface area (Å²) in [5, 5.41) is 6.93. The first-order valence-corrected chi connectivity index (χ1v) is 8.33. The molecule has 7 nitrogen and oxygen atoms in total. The Morgan fingerprint density at radius 2 is 1.70 bits per heavy atom. The lowest BCUT2D eigenvalue weighted by Gasteiger charge is -2.35. The molecule has 1 aliphatic heterocycles. The van der Waals surface area contributed by atoms with Crippen molar-refractivity contribution in [2.45, 2.75) is 12.6 Å². The van der Waals surface area contributed by atoms with E-state index in [0.717, 1.165) is 4.90 Å². The van der Waals surface area contributed by atoms with E-state index in [-0.39, 0.29) is 32.2 Å². The number of nitrogens with one attached hydrogen (secondary N) is 1. The average molecular weight is 381 g/mol. The van der Waals surface area contributed by atoms with Gasteiger partial charge in [0.1, 0.15) is 6.42 Å². The van der Waals surface area contributed by atoms with Crippen LogP contribution in [0.3, 0.4) is 0 Å². The number of alkyl halides is 3. The molecule has 2 aromatic rings. The largest absolute Gasteiger partial charge is 0.397 e. The highest BCUT2D eigenvalue weighted by molar-refractivity contribution is 5.91. The molecule has 10 heteroatoms. The lowest BCUT2D eigenvalue weighted by atomic mass is 10.2. The van der Waals surface area contributed by atoms with Gasteiger partial charge in [-0.25, -0.2) is 9.48 Å². The van der Waals surface area contributed by atoms with Crippen LogP contribution in [-0.4, -0.2) is 63.9 Å². The maximum atomic E-state index is 12.5. The molecule has 0 radical (unpaired) electrons. The van der Waals surface area contributed by atoms with Gasteiger partial charge in [0, 0.05) is 38.6 Å². The van der Waals surface area contributed by atoms with Gasteiger partial charge in [0.05, 0.1) is 11.4 Å². The molecule has 3 rings (SSSR count). The minimum atomic E-state index is -4.53. The Morgan fingerprint density at radius 3 is 2.33 bits per heavy atom. The highest BCUT2D eigenvalue weighted by Gasteiger charge is 2.34. The number of aromatic nitrogens is 2. The summed E-state index contributed by atoms with van der Waals surface area (Å²) >= 11 is 0. The van der Waals surface area contributed by atoms with Crippen LogP contribution in [0.4, 0.5) is 23.7 Å². The van der Waals surface area contributed by atoms with Gasteiger partial charge in [-0.2, -0.15) is 18.3 Å². The van der Waals surface area contributed by atoms with E-state index in [1.54, 1.807) is 41.3 Å². The van der Waals surface area contributed by atoms with E-state index in [0.29, 0.717) is 11.4 Å². The minimum absolute atomic E-state index is 0.0726. The van der Waals surface area contributed by atoms with Crippen molar-refractivity contribution in [3.63, 3.8) is 0 Å². The Labute approximate surface area is 153 Å². The van der Waals surface area contributed by atoms with Gasteiger partial charge in [0.15, 0.2) is 0 Å². The minimum Gasteiger partial charge on any atom is -0.339 e. The molecule has 1 aromatic carbocycles. The molecule has 0 spiro atoms. The number of rotatable bonds is 3. The van der Waals surface area contributed by atoms with Gasteiger partial charge in [-0.3, -0.25) is 4.79 Å². The lowest BCUT2D eigenvalue weighted by Crippen LogP contribution is -2.52. The van der Waals surface area contributed by atoms with E-state index in [1.165, 1.54) is 4.90 Å². The second kappa shape index (κ2) is 7.68. The molecular formula is C17H18F3N5O2. The fraction of sp³-hybridized carbons (Fsp3) is 0.353. The van der Waals surface area contributed by atoms with Gasteiger partial charge in [0.25, 0.3) is 0 Å². The van der Waals surface area contributed by atoms with Crippen molar-refractivity contribution in [3.05, 3.63) is 42.7 Å². The standard InChI is InChI=1S/C17H18F3N5O2/c18-17(19,20)12-15(26)23-8-10-24(11-9-23)16(27)22-13-4-1-2-5-14(13)25-7-3-6-21-25/h1-7H,8-12H2,(H,22,27). The molecule has 27 heavy (non-hydrogen) atoms. The molecule has 3 amide bonds. The predicted molar refractivity (Wildman–Crippen MR) is 91.4 cm³/mol. The van der Waals surface area contributed by atoms with Crippen molar-refractivity contribution in [1.82, 2.24) is 19.6 Å². The van der Waals surface area contributed by atoms with Crippen molar-refractivity contribution in [2.24, 2.45) is 0 Å². The summed E-state index contributed by atoms with van der Waals surface area (Å²) in [4.78, 5) is 26.7. The first-order chi connectivity index (χ1) is 12.8. The first kappa shape index (κ1) is 18.7. The fourth-order valence-corrected chi connectivity index (χ4v) is 2.83. The molecule has 1 aromatic heterocycles. The number of anilines is 1. The summed E-state index contributed by atoms with van der Waals surface area (Å²) in [6.45, 7) is 0.477. The second-order valence-electron chi connectivity index (χ2n) is 6.06. The van der Waals surface area contributed by atoms with Crippen molar-refractivity contribution >= 4 is 17.6 Å². The number of halogens is 3. The molecule has 1 fully saturated rings. The molecule has 1 N–H and O–H groups in total. The maximum absolute atomic E-state index is 12.5. The summed E-state index contributed by atoms with van der Waals surface area (Å²) in [6, 6.07) is 8.51. The smallest absolute Gasteiger partial charge is 0.339 e. The van der Waals surface area contributed by atoms with Gasteiger partial charge >= 0.3 is 12.2 Å². The highest BCUT2D eigenvalue weighted by atomic mass is 19.4. The van der Waals surface area contributed by atoms with E-state index in [1.807, 2.05) is 6.07 Å². The van der Waals surface area contributed by atoms with E-state index in [4.69, 9.17) is 0 Å². The zero-order chi connectivity index (χ0) is 19.4. The van der Waals surface area contributed by atoms with Crippen LogP contribution in [0.15, 0.2) is 42.7 Å². The monoisotopic (exact) mass is 381 g/mol. The number of piperazine rings is 1. The third kappa shape index (κ3) is 4.78. The Balaban J connectivity index is 1.59. The van der Waals surface area contributed by atoms with Gasteiger partial charge < -0.3 is 15.1 Å². The van der Waals surface area contributed by atoms with E-state index < -0.39 is 18.5 Å². The van der Waals surface area contributed by atoms with E-state index in [2.05, 4.69) is 10.4 Å². The number of carbonyl (C=O) groups excluding carboxylic acids is 2. The molecule has 0 saturated carbocycles. The number of amides is 3. The van der Waals surface area contributed by atoms with Gasteiger partial charge in [-0.1, -0.05) is 12.1 Å². The van der Waals surface area contributed by atoms with Crippen LogP contribution >= 0.6 is 0 Å². The first-order valence-electron chi connectivity index (χ1n) is 8.33. The summed E-state index contributed by atoms with van der Waals surface area (Å²) < 4.78 is 38.6. The summed E-state index contributed by atoms with van der Waals surface area (Å²) in [6.07, 6.45) is -2.63. The Kier molecular flexibility index (Phi) is 5.33. The topological polar surface area (TPSA) is 70.5 Å². The van der Waals surface area contributed by atoms with Gasteiger partial charge in [0.2, 0.25) is 5.91 Å². The van der Waals surface area contributed by atoms with Crippen LogP contribution in [-0.2, 0) is 4.79 Å². The highest BCUT2D eigenvalue weighted by Crippen LogP contribution is 2.22. The van der Waals surface area contributed by atoms with Crippen molar-refractivity contribution in [2.75, 3.05) is 31.5 Å². The number of carbonyl (C=O) groups is 2. The third-order valence-corrected chi connectivity index (χ3v) is 4.17. The van der Waals surface area contributed by atoms with Crippen LogP contribution in [0.1, 0.15) is 6.42 Å². The second-order valence-corrected chi connectivity index (χ2v) is 6.06. The van der Waals surface area contributed by atoms with Crippen LogP contribution < -0.4 is 5.32 Å². The number of hydrogen-bond donors (Lipinski definition) is 1. The molecule has 0 atom stereocenters. The number of urea groups is 1. The quantitative estimate of drug-likeness (QED) is 0.888. The van der Waals surface area contributed by atoms with E-state index >= 15 is 0 Å². The Hall–Kier alpha value is -3.04. The van der Waals surface area contributed by atoms with Gasteiger partial charge in [-0.15, -0.1) is 0 Å². The van der Waals surface area contributed by atoms with Crippen molar-refractivity contribution in [1.29, 1.82) is 0 Å². The summed E-state index contributed by atoms with van der Waals surface area (Å²) in [5.41, 5.74) is 1.25. The molecule has 1 saturated heterocycles. The Bertz CT molecular complexity index is 799. The number of benzene rings is 1. The third-order valence-electron chi connectivity index (χ3n) is 4.17. The normalized spacial score (nSPS) is 14.9. The lowest BCUT2D eigenvalue weighted by molar-refractivity contribution is -0.162. The molecule has 2 heterocycles. The van der Waals surface area contributed by atoms with Crippen LogP contribution in [0.25, 0.3) is 5.69 Å². The average Bonchev–Trinajstić information content (AvgIpc) is 3.15. The molecule has 0 bridgehead atoms. The van der Waals surface area contributed by atoms with Crippen LogP contribution in [0, 0.1) is 0 Å². The molecule has 0 unspecified atom stereocenters. The van der Waals surface area contributed by atoms with E-state index in [9.17, 15) is 22.8 Å². The Morgan fingerprint density at radius 1 is 1.04 bits per heavy atom. The number of nitrogens with zero attached hydrogens (tertiary/aromatic N) is 4. The zero-order valence-electron chi connectivity index (χ0n) is 14.3. The number of para-hydroxylation sites is 2. The van der Waals surface area contributed by atoms with Gasteiger partial charge in [-0.05, 0) is 18.2 Å².